The Hall–Kier alpha value is -7.91. The Labute approximate surface area is 481 Å². The minimum atomic E-state index is -0.580. The first kappa shape index (κ1) is 61.2. The van der Waals surface area contributed by atoms with Crippen molar-refractivity contribution < 1.29 is 41.4 Å². The normalized spacial score (nSPS) is 18.5. The van der Waals surface area contributed by atoms with Crippen molar-refractivity contribution in [3.05, 3.63) is 176 Å². The van der Waals surface area contributed by atoms with Crippen molar-refractivity contribution in [3.63, 3.8) is 0 Å². The summed E-state index contributed by atoms with van der Waals surface area (Å²) >= 11 is 0. The van der Waals surface area contributed by atoms with Crippen molar-refractivity contribution in [1.29, 1.82) is 0 Å². The quantitative estimate of drug-likeness (QED) is 0.0598. The second kappa shape index (κ2) is 27.0. The Morgan fingerprint density at radius 3 is 1.33 bits per heavy atom. The third kappa shape index (κ3) is 17.3. The minimum absolute atomic E-state index is 0.178. The topological polar surface area (TPSA) is 190 Å². The Bertz CT molecular complexity index is 3280. The molecule has 0 unspecified atom stereocenters. The van der Waals surface area contributed by atoms with Gasteiger partial charge in [-0.1, -0.05) is 24.3 Å². The number of hydrogen-bond acceptors (Lipinski definition) is 13. The van der Waals surface area contributed by atoms with Crippen LogP contribution in [0.2, 0.25) is 0 Å². The van der Waals surface area contributed by atoms with Crippen molar-refractivity contribution in [2.45, 2.75) is 115 Å². The molecular weight excluding hydrogens is 1070 g/mol. The van der Waals surface area contributed by atoms with E-state index in [1.807, 2.05) is 75.6 Å². The summed E-state index contributed by atoms with van der Waals surface area (Å²) in [5, 5.41) is 3.57. The summed E-state index contributed by atoms with van der Waals surface area (Å²) in [7, 11) is 0. The van der Waals surface area contributed by atoms with Crippen molar-refractivity contribution >= 4 is 30.1 Å². The van der Waals surface area contributed by atoms with Crippen molar-refractivity contribution in [2.75, 3.05) is 68.7 Å². The third-order valence-corrected chi connectivity index (χ3v) is 14.3. The van der Waals surface area contributed by atoms with Gasteiger partial charge < -0.3 is 44.9 Å². The third-order valence-electron chi connectivity index (χ3n) is 14.3. The molecule has 4 fully saturated rings. The number of aromatic nitrogens is 4. The molecule has 17 nitrogen and oxygen atoms in total. The maximum atomic E-state index is 13.6. The molecule has 2 aromatic heterocycles. The summed E-state index contributed by atoms with van der Waals surface area (Å²) in [6.45, 7) is 15.1. The molecule has 2 saturated heterocycles. The van der Waals surface area contributed by atoms with E-state index in [4.69, 9.17) is 20.2 Å². The van der Waals surface area contributed by atoms with E-state index in [1.54, 1.807) is 34.3 Å². The summed E-state index contributed by atoms with van der Waals surface area (Å²) < 4.78 is 66.5. The average molecular weight is 1150 g/mol. The predicted octanol–water partition coefficient (Wildman–Crippen LogP) is 8.85. The molecular formula is C62H74F4N10O7. The van der Waals surface area contributed by atoms with E-state index in [0.29, 0.717) is 112 Å². The molecule has 6 aromatic rings. The van der Waals surface area contributed by atoms with Crippen LogP contribution in [0.25, 0.3) is 11.4 Å². The number of nitrogens with zero attached hydrogens (tertiary/aromatic N) is 8. The molecule has 2 saturated carbocycles. The Morgan fingerprint density at radius 1 is 0.578 bits per heavy atom. The lowest BCUT2D eigenvalue weighted by atomic mass is 10.1. The zero-order valence-corrected chi connectivity index (χ0v) is 47.9. The predicted molar refractivity (Wildman–Crippen MR) is 310 cm³/mol. The van der Waals surface area contributed by atoms with E-state index < -0.39 is 17.0 Å². The average Bonchev–Trinajstić information content (AvgIpc) is 4.55. The van der Waals surface area contributed by atoms with E-state index in [1.165, 1.54) is 75.4 Å². The SMILES string of the molecule is CC(C)(C)OC(=O)N1CCN(c2nc(CCC=O)cn(-c3ccc(F)cc3)c2=O)CC1.CC(C)(C)OC(=O)N1CCN(c2nc(CCCN[C@@H]3C[C@H]3c3ccc(F)cc3)cn(-c3ccc(F)cc3)c2=O)CC1.N[C@@H]1C[C@H]1c1ccc(F)cc1. The van der Waals surface area contributed by atoms with Crippen molar-refractivity contribution in [1.82, 2.24) is 34.2 Å². The van der Waals surface area contributed by atoms with Gasteiger partial charge in [0, 0.05) is 106 Å². The van der Waals surface area contributed by atoms with E-state index >= 15 is 0 Å². The molecule has 21 heteroatoms. The molecule has 3 N–H and O–H groups in total. The van der Waals surface area contributed by atoms with E-state index in [9.17, 15) is 41.5 Å². The number of piperazine rings is 2. The van der Waals surface area contributed by atoms with Gasteiger partial charge in [0.1, 0.15) is 40.8 Å². The maximum absolute atomic E-state index is 13.6. The molecule has 4 aliphatic rings. The molecule has 4 aromatic carbocycles. The number of hydrogen-bond donors (Lipinski definition) is 2. The van der Waals surface area contributed by atoms with Gasteiger partial charge in [-0.25, -0.2) is 37.1 Å². The van der Waals surface area contributed by atoms with Crippen LogP contribution in [-0.4, -0.2) is 130 Å². The number of rotatable bonds is 14. The number of carbonyl (C=O) groups is 3. The van der Waals surface area contributed by atoms with Gasteiger partial charge in [-0.15, -0.1) is 0 Å². The van der Waals surface area contributed by atoms with Gasteiger partial charge in [0.05, 0.1) is 11.4 Å². The van der Waals surface area contributed by atoms with Crippen LogP contribution in [0.1, 0.15) is 102 Å². The molecule has 442 valence electrons. The summed E-state index contributed by atoms with van der Waals surface area (Å²) in [6.07, 6.45) is 7.56. The number of ether oxygens (including phenoxy) is 2. The maximum Gasteiger partial charge on any atom is 0.410 e. The molecule has 4 heterocycles. The Balaban J connectivity index is 0.000000187. The number of aryl methyl sites for hydroxylation is 2. The fourth-order valence-corrected chi connectivity index (χ4v) is 9.72. The fourth-order valence-electron chi connectivity index (χ4n) is 9.72. The number of nitrogens with two attached hydrogens (primary N) is 1. The highest BCUT2D eigenvalue weighted by Crippen LogP contribution is 2.41. The summed E-state index contributed by atoms with van der Waals surface area (Å²) in [6, 6.07) is 25.4. The van der Waals surface area contributed by atoms with Crippen LogP contribution in [0, 0.1) is 23.3 Å². The molecule has 4 atom stereocenters. The number of benzene rings is 4. The smallest absolute Gasteiger partial charge is 0.410 e. The summed E-state index contributed by atoms with van der Waals surface area (Å²) in [5.74, 6) is 0.278. The number of aldehydes is 1. The van der Waals surface area contributed by atoms with Crippen LogP contribution in [-0.2, 0) is 27.1 Å². The van der Waals surface area contributed by atoms with Gasteiger partial charge in [0.25, 0.3) is 11.1 Å². The second-order valence-electron chi connectivity index (χ2n) is 23.1. The number of carbonyl (C=O) groups excluding carboxylic acids is 3. The van der Waals surface area contributed by atoms with Gasteiger partial charge in [-0.2, -0.15) is 0 Å². The zero-order valence-electron chi connectivity index (χ0n) is 47.9. The molecule has 0 radical (unpaired) electrons. The number of halogens is 4. The highest BCUT2D eigenvalue weighted by atomic mass is 19.1. The Morgan fingerprint density at radius 2 is 0.952 bits per heavy atom. The highest BCUT2D eigenvalue weighted by Gasteiger charge is 2.38. The van der Waals surface area contributed by atoms with Crippen LogP contribution < -0.4 is 32.0 Å². The van der Waals surface area contributed by atoms with Gasteiger partial charge in [-0.3, -0.25) is 18.7 Å². The second-order valence-corrected chi connectivity index (χ2v) is 23.1. The first-order valence-corrected chi connectivity index (χ1v) is 28.2. The van der Waals surface area contributed by atoms with Crippen LogP contribution in [0.15, 0.2) is 119 Å². The lowest BCUT2D eigenvalue weighted by Crippen LogP contribution is -2.51. The monoisotopic (exact) mass is 1150 g/mol. The molecule has 10 rings (SSSR count). The molecule has 2 aliphatic carbocycles. The first-order valence-electron chi connectivity index (χ1n) is 28.2. The van der Waals surface area contributed by atoms with Gasteiger partial charge in [-0.05, 0) is 164 Å². The van der Waals surface area contributed by atoms with Crippen molar-refractivity contribution in [2.24, 2.45) is 5.73 Å². The number of amides is 2. The molecule has 83 heavy (non-hydrogen) atoms. The summed E-state index contributed by atoms with van der Waals surface area (Å²) in [5.41, 5.74) is 8.58. The van der Waals surface area contributed by atoms with Crippen LogP contribution in [0.5, 0.6) is 0 Å². The lowest BCUT2D eigenvalue weighted by molar-refractivity contribution is -0.107. The molecule has 0 bridgehead atoms. The van der Waals surface area contributed by atoms with E-state index in [-0.39, 0.29) is 53.0 Å². The van der Waals surface area contributed by atoms with Gasteiger partial charge in [0.15, 0.2) is 11.6 Å². The number of nitrogens with one attached hydrogen (secondary N) is 1. The number of anilines is 2. The molecule has 0 spiro atoms. The zero-order chi connectivity index (χ0) is 59.6. The van der Waals surface area contributed by atoms with Crippen molar-refractivity contribution in [3.8, 4) is 11.4 Å². The first-order chi connectivity index (χ1) is 39.5. The largest absolute Gasteiger partial charge is 0.444 e. The minimum Gasteiger partial charge on any atom is -0.444 e. The molecule has 2 amide bonds. The van der Waals surface area contributed by atoms with Gasteiger partial charge in [0.2, 0.25) is 0 Å². The van der Waals surface area contributed by atoms with Gasteiger partial charge >= 0.3 is 12.2 Å². The van der Waals surface area contributed by atoms with E-state index in [0.717, 1.165) is 43.4 Å². The molecule has 2 aliphatic heterocycles. The van der Waals surface area contributed by atoms with Crippen LogP contribution in [0.3, 0.4) is 0 Å². The summed E-state index contributed by atoms with van der Waals surface area (Å²) in [4.78, 5) is 78.6. The Kier molecular flexibility index (Phi) is 19.9. The van der Waals surface area contributed by atoms with E-state index in [2.05, 4.69) is 10.3 Å². The fraction of sp³-hybridized carbons (Fsp3) is 0.435. The standard InChI is InChI=1S/C31H37F2N5O3.C22H27FN4O4.C9H10FN/c1-31(2,3)41-30(40)37-17-15-36(16-18-37)28-29(39)38(25-12-10-23(33)11-13-25)20-24(35-28)5-4-14-34-27-19-26(27)21-6-8-22(32)9-7-21;1-22(2,3)31-21(30)26-12-10-25(11-13-26)19-20(29)27(15-17(24-19)5-4-14-28)18-8-6-16(23)7-9-18;10-7-3-1-6(2-4-7)8-5-9(8)11/h6-13,20,26-27,34H,4-5,14-19H2,1-3H3;6-9,14-15H,4-5,10-13H2,1-3H3;1-4,8-9H,5,11H2/t26-,27+;;8-,9+/m0.0/s1. The van der Waals surface area contributed by atoms with Crippen LogP contribution >= 0.6 is 0 Å². The lowest BCUT2D eigenvalue weighted by Gasteiger charge is -2.36. The highest BCUT2D eigenvalue weighted by molar-refractivity contribution is 5.69. The van der Waals surface area contributed by atoms with Crippen LogP contribution in [0.4, 0.5) is 38.8 Å².